The Kier molecular flexibility index (Phi) is 15.7. The first-order valence-electron chi connectivity index (χ1n) is 28.0. The number of anilines is 2. The maximum Gasteiger partial charge on any atom is 0.319 e. The highest BCUT2D eigenvalue weighted by Gasteiger charge is 2.43. The van der Waals surface area contributed by atoms with Gasteiger partial charge in [-0.05, 0) is 77.3 Å². The number of nitrogens with zero attached hydrogens (tertiary/aromatic N) is 9. The molecule has 4 aliphatic rings. The molecule has 6 atom stereocenters. The molecule has 0 radical (unpaired) electrons. The fraction of sp³-hybridized carbons (Fsp3) is 0.377. The number of aliphatic hydroxyl groups excluding tert-OH is 2. The van der Waals surface area contributed by atoms with Crippen LogP contribution in [0.3, 0.4) is 0 Å². The monoisotopic (exact) mass is 1160 g/mol. The third kappa shape index (κ3) is 11.0. The van der Waals surface area contributed by atoms with Crippen molar-refractivity contribution in [3.8, 4) is 51.3 Å². The maximum absolute atomic E-state index is 15.6. The summed E-state index contributed by atoms with van der Waals surface area (Å²) in [6, 6.07) is 22.0. The predicted octanol–water partition coefficient (Wildman–Crippen LogP) is 8.47. The summed E-state index contributed by atoms with van der Waals surface area (Å²) >= 11 is 8.43. The fourth-order valence-electron chi connectivity index (χ4n) is 12.1. The molecule has 4 aromatic heterocycles. The molecule has 4 aliphatic heterocycles. The lowest BCUT2D eigenvalue weighted by atomic mass is 9.96. The number of aryl methyl sites for hydroxylation is 1. The average molecular weight is 1160 g/mol. The molecule has 0 aliphatic carbocycles. The number of halogens is 2. The number of hydrogen-bond acceptors (Lipinski definition) is 17. The molecule has 6 N–H and O–H groups in total. The van der Waals surface area contributed by atoms with E-state index in [1.54, 1.807) is 24.7 Å². The van der Waals surface area contributed by atoms with Crippen molar-refractivity contribution in [2.75, 3.05) is 50.1 Å². The first-order chi connectivity index (χ1) is 40.2. The van der Waals surface area contributed by atoms with Crippen LogP contribution in [0.4, 0.5) is 15.2 Å². The highest BCUT2D eigenvalue weighted by Crippen LogP contribution is 2.50. The largest absolute Gasteiger partial charge is 0.486 e. The van der Waals surface area contributed by atoms with Crippen molar-refractivity contribution in [2.24, 2.45) is 5.92 Å². The van der Waals surface area contributed by atoms with Crippen LogP contribution in [-0.4, -0.2) is 127 Å². The minimum atomic E-state index is -1.00. The second-order valence-electron chi connectivity index (χ2n) is 22.2. The van der Waals surface area contributed by atoms with Crippen molar-refractivity contribution >= 4 is 66.6 Å². The summed E-state index contributed by atoms with van der Waals surface area (Å²) in [6.45, 7) is 7.83. The Morgan fingerprint density at radius 1 is 1.00 bits per heavy atom. The van der Waals surface area contributed by atoms with Gasteiger partial charge in [0.15, 0.2) is 5.75 Å². The van der Waals surface area contributed by atoms with Gasteiger partial charge in [0.25, 0.3) is 0 Å². The van der Waals surface area contributed by atoms with Gasteiger partial charge in [-0.1, -0.05) is 85.3 Å². The zero-order valence-electron chi connectivity index (χ0n) is 46.0. The van der Waals surface area contributed by atoms with Crippen LogP contribution in [0.2, 0.25) is 5.02 Å². The quantitative estimate of drug-likeness (QED) is 0.0608. The van der Waals surface area contributed by atoms with Crippen LogP contribution in [0.1, 0.15) is 80.3 Å². The number of nitrogens with two attached hydrogens (primary N) is 1. The van der Waals surface area contributed by atoms with E-state index < -0.39 is 41.9 Å². The summed E-state index contributed by atoms with van der Waals surface area (Å²) in [6.07, 6.45) is 7.53. The number of nitrogens with one attached hydrogen (secondary N) is 2. The number of pyridine rings is 1. The minimum Gasteiger partial charge on any atom is -0.486 e. The highest BCUT2D eigenvalue weighted by molar-refractivity contribution is 7.23. The van der Waals surface area contributed by atoms with Crippen LogP contribution < -0.4 is 30.7 Å². The Morgan fingerprint density at radius 3 is 2.46 bits per heavy atom. The van der Waals surface area contributed by atoms with Gasteiger partial charge in [-0.2, -0.15) is 15.2 Å². The number of carbonyl (C=O) groups excluding carboxylic acids is 2. The van der Waals surface area contributed by atoms with Gasteiger partial charge < -0.3 is 50.6 Å². The van der Waals surface area contributed by atoms with Crippen LogP contribution in [0.5, 0.6) is 11.8 Å². The van der Waals surface area contributed by atoms with E-state index in [0.717, 1.165) is 46.4 Å². The summed E-state index contributed by atoms with van der Waals surface area (Å²) in [5, 5.41) is 48.7. The minimum absolute atomic E-state index is 0.0155. The van der Waals surface area contributed by atoms with Gasteiger partial charge in [0.2, 0.25) is 11.8 Å². The molecule has 83 heavy (non-hydrogen) atoms. The highest BCUT2D eigenvalue weighted by atomic mass is 35.5. The van der Waals surface area contributed by atoms with E-state index in [4.69, 9.17) is 41.5 Å². The summed E-state index contributed by atoms with van der Waals surface area (Å²) < 4.78 is 36.5. The van der Waals surface area contributed by atoms with Crippen molar-refractivity contribution < 1.29 is 38.4 Å². The number of ether oxygens (including phenoxy) is 3. The Labute approximate surface area is 487 Å². The molecule has 0 saturated carbocycles. The molecule has 4 aromatic carbocycles. The van der Waals surface area contributed by atoms with Crippen LogP contribution >= 0.6 is 22.9 Å². The number of hydrogen-bond donors (Lipinski definition) is 5. The number of rotatable bonds is 16. The van der Waals surface area contributed by atoms with Gasteiger partial charge in [0, 0.05) is 85.3 Å². The molecular formula is C61H62ClFN12O7S. The second-order valence-corrected chi connectivity index (χ2v) is 23.7. The SMILES string of the molecule is Cc1cnccc1-c1ccc([C@H](CO)NC(=O)[C@@H]2C[C@@H](O)CN2C(=O)[C@H](C(C)C)n2cc(-c3ccc(COc4c(-c5ccc(F)c6sc(N)c(C#N)c56)c(Cl)cc5c(N6CC7CCC(C6)N7)nc(OC6CCOCC6)nc45)cc3)nn2)cc1. The Hall–Kier alpha value is -7.84. The fourth-order valence-corrected chi connectivity index (χ4v) is 13.4. The molecule has 4 saturated heterocycles. The number of β-amino-alcohol motifs (C(OH)–C–C–N with tert-alkyl or cyclic N) is 1. The van der Waals surface area contributed by atoms with E-state index in [1.807, 2.05) is 81.4 Å². The topological polar surface area (TPSA) is 252 Å². The molecule has 428 valence electrons. The molecule has 22 heteroatoms. The summed E-state index contributed by atoms with van der Waals surface area (Å²) in [5.41, 5.74) is 13.4. The maximum atomic E-state index is 15.6. The molecule has 4 fully saturated rings. The number of benzene rings is 4. The summed E-state index contributed by atoms with van der Waals surface area (Å²) in [4.78, 5) is 46.7. The molecule has 12 rings (SSSR count). The van der Waals surface area contributed by atoms with Gasteiger partial charge in [0.05, 0.1) is 53.4 Å². The molecular weight excluding hydrogens is 1100 g/mol. The lowest BCUT2D eigenvalue weighted by Crippen LogP contribution is -2.51. The standard InChI is InChI=1S/C61H62ClFN12O7S/c1-32(2)54(60(79)74-28-40(77)22-50(74)59(78)68-49(30-76)37-10-8-35(9-11-37)42-16-19-66-25-33(42)3)75-29-48(71-72-75)36-6-4-34(5-7-36)31-81-55-52(43-14-15-47(63)56-51(43)45(24-64)57(65)83-56)46(62)23-44-53(55)69-61(82-41-17-20-80-21-18-41)70-58(44)73-26-38-12-13-39(27-73)67-38/h4-11,14-16,19,23,25,29,32,38-41,49-50,54,67,76-77H,12-13,17-18,20-22,26-28,30-31,65H2,1-3H3,(H,68,78)/t38?,39?,40-,49+,50+,54+/m1/s1. The van der Waals surface area contributed by atoms with Crippen molar-refractivity contribution in [1.29, 1.82) is 5.26 Å². The number of likely N-dealkylation sites (tertiary alicyclic amines) is 1. The lowest BCUT2D eigenvalue weighted by Gasteiger charge is -2.34. The number of aromatic nitrogens is 6. The number of fused-ring (bicyclic) bond motifs is 4. The van der Waals surface area contributed by atoms with Crippen LogP contribution in [0, 0.1) is 30.0 Å². The van der Waals surface area contributed by atoms with E-state index in [1.165, 1.54) is 15.6 Å². The van der Waals surface area contributed by atoms with Crippen LogP contribution in [0.15, 0.2) is 91.4 Å². The Balaban J connectivity index is 0.821. The van der Waals surface area contributed by atoms with Crippen molar-refractivity contribution in [1.82, 2.24) is 45.5 Å². The van der Waals surface area contributed by atoms with Gasteiger partial charge in [-0.15, -0.1) is 16.4 Å². The molecule has 2 amide bonds. The molecule has 2 bridgehead atoms. The number of aliphatic hydroxyl groups is 2. The van der Waals surface area contributed by atoms with E-state index in [0.29, 0.717) is 89.2 Å². The first-order valence-corrected chi connectivity index (χ1v) is 29.2. The predicted molar refractivity (Wildman–Crippen MR) is 313 cm³/mol. The summed E-state index contributed by atoms with van der Waals surface area (Å²) in [5.74, 6) is -0.790. The summed E-state index contributed by atoms with van der Waals surface area (Å²) in [7, 11) is 0. The van der Waals surface area contributed by atoms with Gasteiger partial charge >= 0.3 is 6.01 Å². The average Bonchev–Trinajstić information content (AvgIpc) is 3.04. The van der Waals surface area contributed by atoms with E-state index in [-0.39, 0.29) is 82.3 Å². The number of thiophene rings is 1. The number of piperazine rings is 1. The second kappa shape index (κ2) is 23.4. The van der Waals surface area contributed by atoms with Gasteiger partial charge in [-0.3, -0.25) is 14.6 Å². The van der Waals surface area contributed by atoms with Gasteiger partial charge in [-0.25, -0.2) is 9.07 Å². The number of nitriles is 1. The number of nitrogen functional groups attached to an aromatic ring is 1. The van der Waals surface area contributed by atoms with E-state index in [9.17, 15) is 25.1 Å². The molecule has 0 spiro atoms. The molecule has 8 heterocycles. The third-order valence-corrected chi connectivity index (χ3v) is 17.7. The number of amides is 2. The molecule has 8 aromatic rings. The zero-order valence-corrected chi connectivity index (χ0v) is 47.5. The van der Waals surface area contributed by atoms with Crippen molar-refractivity contribution in [2.45, 2.75) is 102 Å². The zero-order chi connectivity index (χ0) is 57.6. The van der Waals surface area contributed by atoms with Crippen LogP contribution in [0.25, 0.3) is 54.5 Å². The normalized spacial score (nSPS) is 19.8. The molecule has 2 unspecified atom stereocenters. The van der Waals surface area contributed by atoms with E-state index in [2.05, 4.69) is 36.9 Å². The number of carbonyl (C=O) groups is 2. The Bertz CT molecular complexity index is 3780. The van der Waals surface area contributed by atoms with E-state index >= 15 is 4.39 Å². The Morgan fingerprint density at radius 2 is 1.75 bits per heavy atom. The third-order valence-electron chi connectivity index (χ3n) is 16.3. The molecule has 19 nitrogen and oxygen atoms in total. The van der Waals surface area contributed by atoms with Crippen molar-refractivity contribution in [3.05, 3.63) is 124 Å². The van der Waals surface area contributed by atoms with Gasteiger partial charge in [0.1, 0.15) is 58.7 Å². The smallest absolute Gasteiger partial charge is 0.319 e. The van der Waals surface area contributed by atoms with Crippen molar-refractivity contribution in [3.63, 3.8) is 0 Å². The lowest BCUT2D eigenvalue weighted by molar-refractivity contribution is -0.142. The van der Waals surface area contributed by atoms with Crippen LogP contribution in [-0.2, 0) is 20.9 Å². The first kappa shape index (κ1) is 55.7.